The first-order valence-electron chi connectivity index (χ1n) is 10.2. The van der Waals surface area contributed by atoms with Crippen molar-refractivity contribution in [2.45, 2.75) is 97.2 Å². The molecule has 2 heterocycles. The van der Waals surface area contributed by atoms with E-state index in [2.05, 4.69) is 81.1 Å². The Morgan fingerprint density at radius 2 is 1.75 bits per heavy atom. The first-order chi connectivity index (χ1) is 12.6. The minimum absolute atomic E-state index is 0.0792. The lowest BCUT2D eigenvalue weighted by atomic mass is 9.77. The average Bonchev–Trinajstić information content (AvgIpc) is 2.73. The van der Waals surface area contributed by atoms with Gasteiger partial charge in [-0.05, 0) is 70.8 Å². The van der Waals surface area contributed by atoms with Gasteiger partial charge in [0.15, 0.2) is 8.32 Å². The molecular formula is C22H38BNO3Si. The van der Waals surface area contributed by atoms with Crippen molar-refractivity contribution in [3.8, 4) is 0 Å². The summed E-state index contributed by atoms with van der Waals surface area (Å²) in [4.78, 5) is 4.75. The first-order valence-corrected chi connectivity index (χ1v) is 13.1. The van der Waals surface area contributed by atoms with E-state index in [4.69, 9.17) is 18.7 Å². The molecule has 28 heavy (non-hydrogen) atoms. The predicted molar refractivity (Wildman–Crippen MR) is 121 cm³/mol. The molecule has 1 atom stereocenters. The lowest BCUT2D eigenvalue weighted by Crippen LogP contribution is -2.42. The third-order valence-electron chi connectivity index (χ3n) is 6.63. The van der Waals surface area contributed by atoms with Crippen molar-refractivity contribution in [2.24, 2.45) is 0 Å². The smallest absolute Gasteiger partial charge is 0.408 e. The summed E-state index contributed by atoms with van der Waals surface area (Å²) in [6.07, 6.45) is 4.47. The molecule has 1 unspecified atom stereocenters. The number of aryl methyl sites for hydroxylation is 1. The van der Waals surface area contributed by atoms with Gasteiger partial charge in [-0.1, -0.05) is 26.8 Å². The summed E-state index contributed by atoms with van der Waals surface area (Å²) >= 11 is 0. The molecular weight excluding hydrogens is 365 g/mol. The van der Waals surface area contributed by atoms with Crippen molar-refractivity contribution in [1.29, 1.82) is 0 Å². The third-order valence-corrected chi connectivity index (χ3v) is 11.1. The SMILES string of the molecule is C=CCC(O[Si](C)(C)C(C)(C)C)c1cc(C)c(B2OC(C)(C)C(C)(C)O2)cn1. The lowest BCUT2D eigenvalue weighted by molar-refractivity contribution is 0.00578. The molecule has 1 aliphatic rings. The van der Waals surface area contributed by atoms with Crippen molar-refractivity contribution in [1.82, 2.24) is 4.98 Å². The molecule has 4 nitrogen and oxygen atoms in total. The van der Waals surface area contributed by atoms with Crippen LogP contribution < -0.4 is 5.46 Å². The maximum atomic E-state index is 6.66. The number of nitrogens with zero attached hydrogens (tertiary/aromatic N) is 1. The molecule has 2 rings (SSSR count). The zero-order valence-electron chi connectivity index (χ0n) is 19.5. The van der Waals surface area contributed by atoms with E-state index in [1.54, 1.807) is 0 Å². The highest BCUT2D eigenvalue weighted by molar-refractivity contribution is 6.74. The van der Waals surface area contributed by atoms with Gasteiger partial charge >= 0.3 is 7.12 Å². The monoisotopic (exact) mass is 403 g/mol. The van der Waals surface area contributed by atoms with Crippen LogP contribution in [0.3, 0.4) is 0 Å². The average molecular weight is 403 g/mol. The highest BCUT2D eigenvalue weighted by Crippen LogP contribution is 2.40. The molecule has 0 aromatic carbocycles. The third kappa shape index (κ3) is 4.61. The Morgan fingerprint density at radius 3 is 2.18 bits per heavy atom. The Hall–Kier alpha value is -0.948. The van der Waals surface area contributed by atoms with Crippen molar-refractivity contribution < 1.29 is 13.7 Å². The highest BCUT2D eigenvalue weighted by atomic mass is 28.4. The van der Waals surface area contributed by atoms with E-state index in [-0.39, 0.29) is 22.3 Å². The summed E-state index contributed by atoms with van der Waals surface area (Å²) in [5.41, 5.74) is 2.31. The van der Waals surface area contributed by atoms with Crippen LogP contribution in [0.1, 0.15) is 72.2 Å². The molecule has 0 saturated carbocycles. The van der Waals surface area contributed by atoms with Crippen molar-refractivity contribution in [3.05, 3.63) is 36.2 Å². The lowest BCUT2D eigenvalue weighted by Gasteiger charge is -2.39. The summed E-state index contributed by atoms with van der Waals surface area (Å²) < 4.78 is 19.1. The molecule has 0 aliphatic carbocycles. The van der Waals surface area contributed by atoms with E-state index in [9.17, 15) is 0 Å². The normalized spacial score (nSPS) is 20.3. The van der Waals surface area contributed by atoms with Gasteiger partial charge in [0.25, 0.3) is 0 Å². The molecule has 1 aliphatic heterocycles. The summed E-state index contributed by atoms with van der Waals surface area (Å²) in [5.74, 6) is 0. The summed E-state index contributed by atoms with van der Waals surface area (Å²) in [6, 6.07) is 2.11. The predicted octanol–water partition coefficient (Wildman–Crippen LogP) is 5.33. The van der Waals surface area contributed by atoms with Gasteiger partial charge in [0.05, 0.1) is 23.0 Å². The Morgan fingerprint density at radius 1 is 1.21 bits per heavy atom. The van der Waals surface area contributed by atoms with Crippen LogP contribution in [-0.2, 0) is 13.7 Å². The van der Waals surface area contributed by atoms with E-state index < -0.39 is 15.4 Å². The Labute approximate surface area is 173 Å². The number of hydrogen-bond donors (Lipinski definition) is 0. The minimum atomic E-state index is -1.92. The quantitative estimate of drug-likeness (QED) is 0.476. The van der Waals surface area contributed by atoms with Crippen LogP contribution in [0.15, 0.2) is 24.9 Å². The number of rotatable bonds is 6. The van der Waals surface area contributed by atoms with Crippen LogP contribution in [0.25, 0.3) is 0 Å². The fourth-order valence-electron chi connectivity index (χ4n) is 2.89. The van der Waals surface area contributed by atoms with Crippen LogP contribution in [0, 0.1) is 6.92 Å². The largest absolute Gasteiger partial charge is 0.496 e. The van der Waals surface area contributed by atoms with Gasteiger partial charge in [-0.3, -0.25) is 4.98 Å². The van der Waals surface area contributed by atoms with Crippen LogP contribution in [0.2, 0.25) is 18.1 Å². The van der Waals surface area contributed by atoms with Gasteiger partial charge in [0, 0.05) is 11.7 Å². The second-order valence-corrected chi connectivity index (χ2v) is 15.2. The standard InChI is InChI=1S/C22H38BNO3Si/c1-12-13-19(25-28(10,11)20(3,4)5)18-14-16(2)17(15-24-18)23-26-21(6,7)22(8,9)27-23/h12,14-15,19H,1,13H2,2-11H3. The minimum Gasteiger partial charge on any atom is -0.408 e. The van der Waals surface area contributed by atoms with E-state index >= 15 is 0 Å². The Kier molecular flexibility index (Phi) is 6.42. The summed E-state index contributed by atoms with van der Waals surface area (Å²) in [7, 11) is -2.32. The van der Waals surface area contributed by atoms with Gasteiger partial charge in [-0.15, -0.1) is 6.58 Å². The zero-order chi connectivity index (χ0) is 21.5. The molecule has 0 bridgehead atoms. The topological polar surface area (TPSA) is 40.6 Å². The number of hydrogen-bond acceptors (Lipinski definition) is 4. The molecule has 1 saturated heterocycles. The summed E-state index contributed by atoms with van der Waals surface area (Å²) in [6.45, 7) is 25.6. The van der Waals surface area contributed by atoms with Crippen molar-refractivity contribution >= 4 is 20.9 Å². The van der Waals surface area contributed by atoms with Gasteiger partial charge in [-0.25, -0.2) is 0 Å². The zero-order valence-corrected chi connectivity index (χ0v) is 20.5. The molecule has 0 spiro atoms. The maximum Gasteiger partial charge on any atom is 0.496 e. The maximum absolute atomic E-state index is 6.66. The second kappa shape index (κ2) is 7.71. The molecule has 1 aromatic heterocycles. The molecule has 156 valence electrons. The van der Waals surface area contributed by atoms with E-state index in [0.29, 0.717) is 0 Å². The summed E-state index contributed by atoms with van der Waals surface area (Å²) in [5, 5.41) is 0.143. The van der Waals surface area contributed by atoms with E-state index in [0.717, 1.165) is 23.1 Å². The fraction of sp³-hybridized carbons (Fsp3) is 0.682. The van der Waals surface area contributed by atoms with Gasteiger partial charge in [-0.2, -0.15) is 0 Å². The van der Waals surface area contributed by atoms with E-state index in [1.165, 1.54) is 0 Å². The van der Waals surface area contributed by atoms with Crippen LogP contribution in [0.5, 0.6) is 0 Å². The van der Waals surface area contributed by atoms with Crippen LogP contribution in [0.4, 0.5) is 0 Å². The second-order valence-electron chi connectivity index (χ2n) is 10.4. The van der Waals surface area contributed by atoms with Crippen molar-refractivity contribution in [2.75, 3.05) is 0 Å². The number of aromatic nitrogens is 1. The Bertz CT molecular complexity index is 709. The molecule has 1 aromatic rings. The molecule has 1 fully saturated rings. The van der Waals surface area contributed by atoms with Gasteiger partial charge < -0.3 is 13.7 Å². The fourth-order valence-corrected chi connectivity index (χ4v) is 4.18. The van der Waals surface area contributed by atoms with Crippen molar-refractivity contribution in [3.63, 3.8) is 0 Å². The van der Waals surface area contributed by atoms with Gasteiger partial charge in [0.2, 0.25) is 0 Å². The van der Waals surface area contributed by atoms with Crippen LogP contribution in [-0.4, -0.2) is 31.6 Å². The molecule has 6 heteroatoms. The number of pyridine rings is 1. The van der Waals surface area contributed by atoms with Crippen LogP contribution >= 0.6 is 0 Å². The Balaban J connectivity index is 2.30. The molecule has 0 N–H and O–H groups in total. The van der Waals surface area contributed by atoms with Gasteiger partial charge in [0.1, 0.15) is 0 Å². The first kappa shape index (κ1) is 23.3. The van der Waals surface area contributed by atoms with E-state index in [1.807, 2.05) is 12.3 Å². The highest BCUT2D eigenvalue weighted by Gasteiger charge is 2.52. The molecule has 0 amide bonds. The molecule has 0 radical (unpaired) electrons.